The van der Waals surface area contributed by atoms with E-state index in [9.17, 15) is 13.2 Å². The number of nitrogens with zero attached hydrogens (tertiary/aromatic N) is 2. The van der Waals surface area contributed by atoms with Gasteiger partial charge in [-0.2, -0.15) is 4.31 Å². The summed E-state index contributed by atoms with van der Waals surface area (Å²) >= 11 is 5.27. The number of hydrogen-bond donors (Lipinski definition) is 2. The number of amides is 1. The van der Waals surface area contributed by atoms with Crippen molar-refractivity contribution in [3.63, 3.8) is 0 Å². The van der Waals surface area contributed by atoms with Crippen LogP contribution in [-0.4, -0.2) is 79.7 Å². The number of sulfonamides is 1. The molecule has 27 heavy (non-hydrogen) atoms. The van der Waals surface area contributed by atoms with Gasteiger partial charge in [0, 0.05) is 56.6 Å². The summed E-state index contributed by atoms with van der Waals surface area (Å²) in [5.74, 6) is 0.256. The highest BCUT2D eigenvalue weighted by Crippen LogP contribution is 2.22. The van der Waals surface area contributed by atoms with Crippen molar-refractivity contribution < 1.29 is 13.2 Å². The summed E-state index contributed by atoms with van der Waals surface area (Å²) in [6, 6.07) is -0.194. The molecule has 2 N–H and O–H groups in total. The molecule has 3 aliphatic rings. The predicted octanol–water partition coefficient (Wildman–Crippen LogP) is 0.260. The van der Waals surface area contributed by atoms with Gasteiger partial charge in [0.2, 0.25) is 15.9 Å². The van der Waals surface area contributed by atoms with Gasteiger partial charge in [-0.05, 0) is 12.0 Å². The van der Waals surface area contributed by atoms with Crippen LogP contribution < -0.4 is 10.6 Å². The fourth-order valence-electron chi connectivity index (χ4n) is 3.97. The summed E-state index contributed by atoms with van der Waals surface area (Å²) in [5.41, 5.74) is 0. The number of allylic oxidation sites excluding steroid dienone is 4. The van der Waals surface area contributed by atoms with E-state index in [2.05, 4.69) is 15.5 Å². The first-order valence-corrected chi connectivity index (χ1v) is 11.3. The molecule has 2 atom stereocenters. The van der Waals surface area contributed by atoms with Crippen LogP contribution in [0, 0.1) is 5.92 Å². The average molecular weight is 413 g/mol. The maximum atomic E-state index is 13.0. The number of thiocarbonyl (C=S) groups is 1. The summed E-state index contributed by atoms with van der Waals surface area (Å²) in [7, 11) is -3.58. The van der Waals surface area contributed by atoms with E-state index in [1.165, 1.54) is 4.31 Å². The van der Waals surface area contributed by atoms with Crippen LogP contribution in [0.3, 0.4) is 0 Å². The summed E-state index contributed by atoms with van der Waals surface area (Å²) in [6.07, 6.45) is 5.72. The Hall–Kier alpha value is -1.13. The highest BCUT2D eigenvalue weighted by molar-refractivity contribution is 7.96. The SMILES string of the molecule is CC(C)C1C(=O)NCCN1C[C@H]1CN(S(=O)(=O)C2=CC=CCC2=S)CCN1. The molecule has 2 heterocycles. The lowest BCUT2D eigenvalue weighted by Gasteiger charge is -2.41. The van der Waals surface area contributed by atoms with Crippen molar-refractivity contribution in [2.75, 3.05) is 39.3 Å². The van der Waals surface area contributed by atoms with Crippen LogP contribution >= 0.6 is 12.2 Å². The second kappa shape index (κ2) is 8.48. The van der Waals surface area contributed by atoms with Crippen molar-refractivity contribution in [1.82, 2.24) is 19.8 Å². The Morgan fingerprint density at radius 1 is 1.30 bits per heavy atom. The van der Waals surface area contributed by atoms with E-state index in [1.54, 1.807) is 12.2 Å². The van der Waals surface area contributed by atoms with Crippen LogP contribution in [0.15, 0.2) is 23.1 Å². The third kappa shape index (κ3) is 4.48. The molecule has 3 rings (SSSR count). The molecule has 1 aliphatic carbocycles. The molecular formula is C18H28N4O3S2. The van der Waals surface area contributed by atoms with Crippen molar-refractivity contribution in [1.29, 1.82) is 0 Å². The van der Waals surface area contributed by atoms with Crippen LogP contribution in [0.1, 0.15) is 20.3 Å². The molecular weight excluding hydrogens is 384 g/mol. The molecule has 2 aliphatic heterocycles. The normalized spacial score (nSPS) is 28.3. The van der Waals surface area contributed by atoms with Gasteiger partial charge in [0.05, 0.1) is 10.9 Å². The predicted molar refractivity (Wildman–Crippen MR) is 110 cm³/mol. The third-order valence-electron chi connectivity index (χ3n) is 5.24. The van der Waals surface area contributed by atoms with Gasteiger partial charge in [0.1, 0.15) is 0 Å². The quantitative estimate of drug-likeness (QED) is 0.631. The molecule has 2 fully saturated rings. The van der Waals surface area contributed by atoms with Crippen LogP contribution in [0.25, 0.3) is 0 Å². The van der Waals surface area contributed by atoms with Crippen molar-refractivity contribution in [3.8, 4) is 0 Å². The number of piperazine rings is 2. The fraction of sp³-hybridized carbons (Fsp3) is 0.667. The number of hydrogen-bond acceptors (Lipinski definition) is 6. The van der Waals surface area contributed by atoms with Crippen LogP contribution in [-0.2, 0) is 14.8 Å². The lowest BCUT2D eigenvalue weighted by Crippen LogP contribution is -2.63. The maximum Gasteiger partial charge on any atom is 0.244 e. The average Bonchev–Trinajstić information content (AvgIpc) is 2.62. The van der Waals surface area contributed by atoms with Crippen molar-refractivity contribution in [2.24, 2.45) is 5.92 Å². The standard InChI is InChI=1S/C18H28N4O3S2/c1-13(2)17-18(23)20-7-9-21(17)11-14-12-22(10-8-19-14)27(24,25)16-6-4-3-5-15(16)26/h3-4,6,13-14,17,19H,5,7-12H2,1-2H3,(H,20,23)/t14-,17?/m0/s1. The van der Waals surface area contributed by atoms with Gasteiger partial charge in [-0.25, -0.2) is 8.42 Å². The molecule has 150 valence electrons. The Bertz CT molecular complexity index is 761. The first-order chi connectivity index (χ1) is 12.8. The Kier molecular flexibility index (Phi) is 6.47. The second-order valence-electron chi connectivity index (χ2n) is 7.58. The Morgan fingerprint density at radius 3 is 2.78 bits per heavy atom. The lowest BCUT2D eigenvalue weighted by molar-refractivity contribution is -0.131. The van der Waals surface area contributed by atoms with Crippen LogP contribution in [0.4, 0.5) is 0 Å². The minimum Gasteiger partial charge on any atom is -0.353 e. The molecule has 0 spiro atoms. The summed E-state index contributed by atoms with van der Waals surface area (Å²) in [6.45, 7) is 7.53. The summed E-state index contributed by atoms with van der Waals surface area (Å²) in [4.78, 5) is 15.1. The van der Waals surface area contributed by atoms with Crippen molar-refractivity contribution >= 4 is 33.0 Å². The van der Waals surface area contributed by atoms with Gasteiger partial charge in [0.15, 0.2) is 0 Å². The summed E-state index contributed by atoms with van der Waals surface area (Å²) in [5, 5.41) is 6.34. The van der Waals surface area contributed by atoms with E-state index in [0.29, 0.717) is 44.0 Å². The molecule has 0 aromatic heterocycles. The Morgan fingerprint density at radius 2 is 2.07 bits per heavy atom. The molecule has 0 aromatic carbocycles. The number of carbonyl (C=O) groups is 1. The summed E-state index contributed by atoms with van der Waals surface area (Å²) < 4.78 is 27.6. The molecule has 0 saturated carbocycles. The first-order valence-electron chi connectivity index (χ1n) is 9.46. The largest absolute Gasteiger partial charge is 0.353 e. The van der Waals surface area contributed by atoms with E-state index in [-0.39, 0.29) is 28.8 Å². The minimum absolute atomic E-state index is 0.0195. The van der Waals surface area contributed by atoms with Gasteiger partial charge in [-0.3, -0.25) is 9.69 Å². The van der Waals surface area contributed by atoms with Gasteiger partial charge in [-0.15, -0.1) is 0 Å². The van der Waals surface area contributed by atoms with E-state index in [4.69, 9.17) is 12.2 Å². The van der Waals surface area contributed by atoms with E-state index >= 15 is 0 Å². The third-order valence-corrected chi connectivity index (χ3v) is 7.71. The monoisotopic (exact) mass is 412 g/mol. The molecule has 7 nitrogen and oxygen atoms in total. The smallest absolute Gasteiger partial charge is 0.244 e. The van der Waals surface area contributed by atoms with Crippen LogP contribution in [0.5, 0.6) is 0 Å². The Balaban J connectivity index is 1.71. The van der Waals surface area contributed by atoms with Gasteiger partial charge >= 0.3 is 0 Å². The zero-order valence-electron chi connectivity index (χ0n) is 15.8. The molecule has 9 heteroatoms. The second-order valence-corrected chi connectivity index (χ2v) is 9.97. The van der Waals surface area contributed by atoms with Crippen LogP contribution in [0.2, 0.25) is 0 Å². The van der Waals surface area contributed by atoms with Gasteiger partial charge in [0.25, 0.3) is 0 Å². The lowest BCUT2D eigenvalue weighted by atomic mass is 9.99. The number of rotatable bonds is 5. The minimum atomic E-state index is -3.58. The number of carbonyl (C=O) groups excluding carboxylic acids is 1. The van der Waals surface area contributed by atoms with Gasteiger partial charge < -0.3 is 10.6 Å². The molecule has 0 bridgehead atoms. The first kappa shape index (κ1) is 20.6. The van der Waals surface area contributed by atoms with Gasteiger partial charge in [-0.1, -0.05) is 38.2 Å². The Labute approximate surface area is 166 Å². The zero-order valence-corrected chi connectivity index (χ0v) is 17.5. The maximum absolute atomic E-state index is 13.0. The highest BCUT2D eigenvalue weighted by atomic mass is 32.2. The molecule has 0 aromatic rings. The molecule has 2 saturated heterocycles. The van der Waals surface area contributed by atoms with E-state index < -0.39 is 10.0 Å². The topological polar surface area (TPSA) is 81.8 Å². The highest BCUT2D eigenvalue weighted by Gasteiger charge is 2.37. The fourth-order valence-corrected chi connectivity index (χ4v) is 6.06. The molecule has 0 radical (unpaired) electrons. The molecule has 1 amide bonds. The van der Waals surface area contributed by atoms with Crippen molar-refractivity contribution in [2.45, 2.75) is 32.4 Å². The van der Waals surface area contributed by atoms with E-state index in [0.717, 1.165) is 6.54 Å². The molecule has 1 unspecified atom stereocenters. The zero-order chi connectivity index (χ0) is 19.6. The number of nitrogens with one attached hydrogen (secondary N) is 2. The van der Waals surface area contributed by atoms with E-state index in [1.807, 2.05) is 19.9 Å². The van der Waals surface area contributed by atoms with Crippen molar-refractivity contribution in [3.05, 3.63) is 23.1 Å².